The van der Waals surface area contributed by atoms with Crippen LogP contribution < -0.4 is 15.4 Å². The molecule has 0 spiro atoms. The van der Waals surface area contributed by atoms with Crippen molar-refractivity contribution in [2.45, 2.75) is 53.2 Å². The Labute approximate surface area is 161 Å². The first-order valence-corrected chi connectivity index (χ1v) is 9.26. The Morgan fingerprint density at radius 2 is 1.78 bits per heavy atom. The number of hydrogen-bond acceptors (Lipinski definition) is 3. The smallest absolute Gasteiger partial charge is 0.265 e. The minimum atomic E-state index is -0.647. The number of anilines is 1. The largest absolute Gasteiger partial charge is 0.480 e. The van der Waals surface area contributed by atoms with Gasteiger partial charge in [0, 0.05) is 6.04 Å². The van der Waals surface area contributed by atoms with Crippen molar-refractivity contribution in [1.29, 1.82) is 0 Å². The molecular formula is C22H28N2O3. The summed E-state index contributed by atoms with van der Waals surface area (Å²) in [5.74, 6) is 0.204. The molecule has 0 bridgehead atoms. The van der Waals surface area contributed by atoms with Gasteiger partial charge in [0.1, 0.15) is 5.75 Å². The first-order valence-electron chi connectivity index (χ1n) is 9.26. The van der Waals surface area contributed by atoms with Crippen LogP contribution in [-0.4, -0.2) is 24.0 Å². The van der Waals surface area contributed by atoms with Gasteiger partial charge in [-0.15, -0.1) is 0 Å². The molecule has 0 fully saturated rings. The number of carbonyl (C=O) groups is 2. The van der Waals surface area contributed by atoms with Gasteiger partial charge < -0.3 is 15.4 Å². The van der Waals surface area contributed by atoms with Gasteiger partial charge in [-0.3, -0.25) is 9.59 Å². The van der Waals surface area contributed by atoms with Crippen LogP contribution in [0, 0.1) is 13.8 Å². The van der Waals surface area contributed by atoms with Crippen molar-refractivity contribution in [2.75, 3.05) is 5.32 Å². The average Bonchev–Trinajstić information content (AvgIpc) is 2.62. The third-order valence-electron chi connectivity index (χ3n) is 4.13. The number of amides is 2. The molecule has 2 rings (SSSR count). The van der Waals surface area contributed by atoms with Gasteiger partial charge in [-0.1, -0.05) is 31.2 Å². The number of rotatable bonds is 7. The summed E-state index contributed by atoms with van der Waals surface area (Å²) in [6, 6.07) is 12.9. The highest BCUT2D eigenvalue weighted by Crippen LogP contribution is 2.22. The normalized spacial score (nSPS) is 11.8. The highest BCUT2D eigenvalue weighted by molar-refractivity contribution is 6.04. The number of carbonyl (C=O) groups excluding carboxylic acids is 2. The van der Waals surface area contributed by atoms with E-state index in [0.29, 0.717) is 23.4 Å². The molecule has 2 amide bonds. The topological polar surface area (TPSA) is 67.4 Å². The lowest BCUT2D eigenvalue weighted by atomic mass is 10.1. The Morgan fingerprint density at radius 1 is 1.07 bits per heavy atom. The van der Waals surface area contributed by atoms with Crippen molar-refractivity contribution in [3.63, 3.8) is 0 Å². The Morgan fingerprint density at radius 3 is 2.44 bits per heavy atom. The van der Waals surface area contributed by atoms with Gasteiger partial charge in [0.2, 0.25) is 0 Å². The molecule has 0 aromatic heterocycles. The first-order chi connectivity index (χ1) is 12.8. The Balaban J connectivity index is 2.17. The van der Waals surface area contributed by atoms with Crippen molar-refractivity contribution in [1.82, 2.24) is 5.32 Å². The van der Waals surface area contributed by atoms with E-state index in [1.165, 1.54) is 0 Å². The maximum Gasteiger partial charge on any atom is 0.265 e. The van der Waals surface area contributed by atoms with Gasteiger partial charge in [-0.2, -0.15) is 0 Å². The molecule has 0 aliphatic rings. The van der Waals surface area contributed by atoms with Crippen molar-refractivity contribution >= 4 is 17.5 Å². The van der Waals surface area contributed by atoms with Crippen molar-refractivity contribution in [2.24, 2.45) is 0 Å². The van der Waals surface area contributed by atoms with E-state index in [0.717, 1.165) is 11.1 Å². The van der Waals surface area contributed by atoms with Gasteiger partial charge in [0.15, 0.2) is 6.10 Å². The fourth-order valence-electron chi connectivity index (χ4n) is 2.65. The molecule has 2 aromatic rings. The van der Waals surface area contributed by atoms with Crippen LogP contribution in [0.5, 0.6) is 5.75 Å². The summed E-state index contributed by atoms with van der Waals surface area (Å²) in [5, 5.41) is 5.69. The molecule has 0 aliphatic heterocycles. The quantitative estimate of drug-likeness (QED) is 0.768. The van der Waals surface area contributed by atoms with E-state index in [-0.39, 0.29) is 17.9 Å². The SMILES string of the molecule is CC[C@@H](Oc1cc(C)ccc1C)C(=O)Nc1ccccc1C(=O)NC(C)C. The molecule has 1 atom stereocenters. The second-order valence-electron chi connectivity index (χ2n) is 6.95. The molecule has 0 heterocycles. The number of aryl methyl sites for hydroxylation is 2. The summed E-state index contributed by atoms with van der Waals surface area (Å²) in [5.41, 5.74) is 2.95. The second-order valence-corrected chi connectivity index (χ2v) is 6.95. The molecule has 0 radical (unpaired) electrons. The maximum absolute atomic E-state index is 12.8. The molecule has 0 saturated carbocycles. The molecule has 0 aliphatic carbocycles. The van der Waals surface area contributed by atoms with E-state index < -0.39 is 6.10 Å². The van der Waals surface area contributed by atoms with E-state index in [1.54, 1.807) is 24.3 Å². The Hall–Kier alpha value is -2.82. The van der Waals surface area contributed by atoms with Crippen molar-refractivity contribution < 1.29 is 14.3 Å². The van der Waals surface area contributed by atoms with Crippen LogP contribution >= 0.6 is 0 Å². The molecule has 5 heteroatoms. The third-order valence-corrected chi connectivity index (χ3v) is 4.13. The predicted octanol–water partition coefficient (Wildman–Crippen LogP) is 4.24. The van der Waals surface area contributed by atoms with E-state index in [1.807, 2.05) is 52.8 Å². The molecule has 2 aromatic carbocycles. The van der Waals surface area contributed by atoms with Gasteiger partial charge in [0.25, 0.3) is 11.8 Å². The summed E-state index contributed by atoms with van der Waals surface area (Å²) in [7, 11) is 0. The number of hydrogen-bond donors (Lipinski definition) is 2. The number of nitrogens with one attached hydrogen (secondary N) is 2. The molecule has 0 unspecified atom stereocenters. The average molecular weight is 368 g/mol. The van der Waals surface area contributed by atoms with Crippen LogP contribution in [0.3, 0.4) is 0 Å². The molecular weight excluding hydrogens is 340 g/mol. The zero-order valence-electron chi connectivity index (χ0n) is 16.6. The van der Waals surface area contributed by atoms with Crippen molar-refractivity contribution in [3.05, 3.63) is 59.2 Å². The molecule has 5 nitrogen and oxygen atoms in total. The first kappa shape index (κ1) is 20.5. The fraction of sp³-hybridized carbons (Fsp3) is 0.364. The summed E-state index contributed by atoms with van der Waals surface area (Å²) in [4.78, 5) is 25.1. The van der Waals surface area contributed by atoms with Crippen LogP contribution in [0.2, 0.25) is 0 Å². The third kappa shape index (κ3) is 5.58. The van der Waals surface area contributed by atoms with Gasteiger partial charge in [-0.25, -0.2) is 0 Å². The lowest BCUT2D eigenvalue weighted by Gasteiger charge is -2.20. The Kier molecular flexibility index (Phi) is 6.99. The van der Waals surface area contributed by atoms with Crippen LogP contribution in [0.15, 0.2) is 42.5 Å². The van der Waals surface area contributed by atoms with Gasteiger partial charge >= 0.3 is 0 Å². The lowest BCUT2D eigenvalue weighted by molar-refractivity contribution is -0.122. The van der Waals surface area contributed by atoms with E-state index in [2.05, 4.69) is 10.6 Å². The fourth-order valence-corrected chi connectivity index (χ4v) is 2.65. The summed E-state index contributed by atoms with van der Waals surface area (Å²) < 4.78 is 5.96. The van der Waals surface area contributed by atoms with Gasteiger partial charge in [-0.05, 0) is 63.4 Å². The van der Waals surface area contributed by atoms with Gasteiger partial charge in [0.05, 0.1) is 11.3 Å². The maximum atomic E-state index is 12.8. The van der Waals surface area contributed by atoms with E-state index >= 15 is 0 Å². The minimum absolute atomic E-state index is 0.0114. The lowest BCUT2D eigenvalue weighted by Crippen LogP contribution is -2.34. The minimum Gasteiger partial charge on any atom is -0.480 e. The Bertz CT molecular complexity index is 815. The van der Waals surface area contributed by atoms with Crippen LogP contribution in [0.4, 0.5) is 5.69 Å². The molecule has 144 valence electrons. The molecule has 2 N–H and O–H groups in total. The van der Waals surface area contributed by atoms with Crippen LogP contribution in [0.25, 0.3) is 0 Å². The number of benzene rings is 2. The van der Waals surface area contributed by atoms with E-state index in [4.69, 9.17) is 4.74 Å². The highest BCUT2D eigenvalue weighted by Gasteiger charge is 2.21. The molecule has 0 saturated heterocycles. The standard InChI is InChI=1S/C22H28N2O3/c1-6-19(27-20-13-15(4)11-12-16(20)5)22(26)24-18-10-8-7-9-17(18)21(25)23-14(2)3/h7-14,19H,6H2,1-5H3,(H,23,25)(H,24,26)/t19-/m1/s1. The monoisotopic (exact) mass is 368 g/mol. The summed E-state index contributed by atoms with van der Waals surface area (Å²) in [6.07, 6.45) is -0.133. The van der Waals surface area contributed by atoms with Crippen LogP contribution in [0.1, 0.15) is 48.7 Å². The summed E-state index contributed by atoms with van der Waals surface area (Å²) in [6.45, 7) is 9.61. The highest BCUT2D eigenvalue weighted by atomic mass is 16.5. The van der Waals surface area contributed by atoms with Crippen LogP contribution in [-0.2, 0) is 4.79 Å². The molecule has 27 heavy (non-hydrogen) atoms. The zero-order valence-corrected chi connectivity index (χ0v) is 16.6. The van der Waals surface area contributed by atoms with E-state index in [9.17, 15) is 9.59 Å². The number of para-hydroxylation sites is 1. The predicted molar refractivity (Wildman–Crippen MR) is 108 cm³/mol. The number of ether oxygens (including phenoxy) is 1. The zero-order chi connectivity index (χ0) is 20.0. The van der Waals surface area contributed by atoms with Crippen molar-refractivity contribution in [3.8, 4) is 5.75 Å². The summed E-state index contributed by atoms with van der Waals surface area (Å²) >= 11 is 0. The second kappa shape index (κ2) is 9.21.